The number of hydrogen-bond donors (Lipinski definition) is 1. The highest BCUT2D eigenvalue weighted by Crippen LogP contribution is 2.34. The number of benzene rings is 1. The number of nitrogens with zero attached hydrogens (tertiary/aromatic N) is 2. The summed E-state index contributed by atoms with van der Waals surface area (Å²) in [6.07, 6.45) is 3.58. The van der Waals surface area contributed by atoms with E-state index in [2.05, 4.69) is 39.4 Å². The minimum Gasteiger partial charge on any atom is -0.263 e. The molecule has 1 atom stereocenters. The van der Waals surface area contributed by atoms with Crippen LogP contribution in [-0.2, 0) is 6.42 Å². The Morgan fingerprint density at radius 3 is 3.00 bits per heavy atom. The average Bonchev–Trinajstić information content (AvgIpc) is 2.75. The minimum atomic E-state index is 0.384. The molecule has 1 aliphatic carbocycles. The van der Waals surface area contributed by atoms with E-state index in [1.54, 1.807) is 0 Å². The number of aromatic amines is 1. The lowest BCUT2D eigenvalue weighted by atomic mass is 9.82. The number of H-pyrrole nitrogens is 1. The van der Waals surface area contributed by atoms with Crippen LogP contribution < -0.4 is 0 Å². The van der Waals surface area contributed by atoms with Crippen LogP contribution in [0.5, 0.6) is 0 Å². The lowest BCUT2D eigenvalue weighted by molar-refractivity contribution is 0.592. The van der Waals surface area contributed by atoms with Crippen LogP contribution in [0.3, 0.4) is 0 Å². The molecule has 1 N–H and O–H groups in total. The normalized spacial score (nSPS) is 19.4. The molecule has 3 nitrogen and oxygen atoms in total. The highest BCUT2D eigenvalue weighted by molar-refractivity contribution is 5.36. The average molecular weight is 213 g/mol. The van der Waals surface area contributed by atoms with Gasteiger partial charge in [0.2, 0.25) is 0 Å². The van der Waals surface area contributed by atoms with Gasteiger partial charge in [-0.15, -0.1) is 0 Å². The van der Waals surface area contributed by atoms with Gasteiger partial charge in [0, 0.05) is 5.92 Å². The topological polar surface area (TPSA) is 41.6 Å². The number of aromatic nitrogens is 3. The van der Waals surface area contributed by atoms with E-state index >= 15 is 0 Å². The first-order valence-electron chi connectivity index (χ1n) is 5.81. The van der Waals surface area contributed by atoms with Crippen LogP contribution in [-0.4, -0.2) is 15.2 Å². The fourth-order valence-corrected chi connectivity index (χ4v) is 2.54. The van der Waals surface area contributed by atoms with Crippen molar-refractivity contribution >= 4 is 0 Å². The Balaban J connectivity index is 2.04. The Bertz CT molecular complexity index is 501. The van der Waals surface area contributed by atoms with Gasteiger partial charge >= 0.3 is 0 Å². The third-order valence-electron chi connectivity index (χ3n) is 3.30. The van der Waals surface area contributed by atoms with Crippen molar-refractivity contribution in [2.45, 2.75) is 32.1 Å². The second kappa shape index (κ2) is 3.74. The lowest BCUT2D eigenvalue weighted by Crippen LogP contribution is -2.12. The summed E-state index contributed by atoms with van der Waals surface area (Å²) in [5.74, 6) is 2.23. The molecule has 0 amide bonds. The van der Waals surface area contributed by atoms with Gasteiger partial charge in [-0.25, -0.2) is 4.98 Å². The number of rotatable bonds is 1. The molecule has 0 radical (unpaired) electrons. The second-order valence-corrected chi connectivity index (χ2v) is 4.42. The van der Waals surface area contributed by atoms with Crippen LogP contribution in [0.25, 0.3) is 0 Å². The Kier molecular flexibility index (Phi) is 2.24. The molecule has 0 saturated carbocycles. The van der Waals surface area contributed by atoms with E-state index in [0.29, 0.717) is 5.92 Å². The van der Waals surface area contributed by atoms with Gasteiger partial charge in [0.25, 0.3) is 0 Å². The van der Waals surface area contributed by atoms with Crippen LogP contribution >= 0.6 is 0 Å². The maximum Gasteiger partial charge on any atom is 0.158 e. The van der Waals surface area contributed by atoms with Crippen LogP contribution in [0.1, 0.15) is 41.5 Å². The van der Waals surface area contributed by atoms with Gasteiger partial charge in [-0.2, -0.15) is 5.10 Å². The molecule has 0 spiro atoms. The first-order chi connectivity index (χ1) is 7.84. The van der Waals surface area contributed by atoms with E-state index in [4.69, 9.17) is 0 Å². The molecule has 1 unspecified atom stereocenters. The van der Waals surface area contributed by atoms with Gasteiger partial charge in [-0.1, -0.05) is 24.3 Å². The number of hydrogen-bond acceptors (Lipinski definition) is 2. The smallest absolute Gasteiger partial charge is 0.158 e. The van der Waals surface area contributed by atoms with E-state index in [0.717, 1.165) is 18.1 Å². The van der Waals surface area contributed by atoms with Crippen LogP contribution in [0, 0.1) is 6.92 Å². The first-order valence-corrected chi connectivity index (χ1v) is 5.81. The second-order valence-electron chi connectivity index (χ2n) is 4.42. The fraction of sp³-hybridized carbons (Fsp3) is 0.385. The summed E-state index contributed by atoms with van der Waals surface area (Å²) in [7, 11) is 0. The Morgan fingerprint density at radius 1 is 1.31 bits per heavy atom. The summed E-state index contributed by atoms with van der Waals surface area (Å²) in [4.78, 5) is 4.47. The summed E-state index contributed by atoms with van der Waals surface area (Å²) in [6, 6.07) is 8.66. The quantitative estimate of drug-likeness (QED) is 0.791. The number of fused-ring (bicyclic) bond motifs is 1. The van der Waals surface area contributed by atoms with Crippen LogP contribution in [0.4, 0.5) is 0 Å². The van der Waals surface area contributed by atoms with Gasteiger partial charge in [0.15, 0.2) is 5.82 Å². The third kappa shape index (κ3) is 1.52. The molecule has 2 aromatic rings. The highest BCUT2D eigenvalue weighted by atomic mass is 15.2. The molecular formula is C13H15N3. The molecule has 82 valence electrons. The van der Waals surface area contributed by atoms with Gasteiger partial charge in [-0.05, 0) is 37.3 Å². The maximum absolute atomic E-state index is 4.47. The van der Waals surface area contributed by atoms with Crippen molar-refractivity contribution < 1.29 is 0 Å². The number of nitrogens with one attached hydrogen (secondary N) is 1. The van der Waals surface area contributed by atoms with Gasteiger partial charge < -0.3 is 0 Å². The monoisotopic (exact) mass is 213 g/mol. The molecule has 0 saturated heterocycles. The molecule has 1 heterocycles. The van der Waals surface area contributed by atoms with Crippen molar-refractivity contribution in [2.75, 3.05) is 0 Å². The van der Waals surface area contributed by atoms with Crippen molar-refractivity contribution in [3.8, 4) is 0 Å². The van der Waals surface area contributed by atoms with Crippen molar-refractivity contribution in [3.05, 3.63) is 47.0 Å². The number of aryl methyl sites for hydroxylation is 2. The Morgan fingerprint density at radius 2 is 2.19 bits per heavy atom. The van der Waals surface area contributed by atoms with Crippen LogP contribution in [0.2, 0.25) is 0 Å². The van der Waals surface area contributed by atoms with Gasteiger partial charge in [0.1, 0.15) is 5.82 Å². The summed E-state index contributed by atoms with van der Waals surface area (Å²) in [5, 5.41) is 7.24. The fourth-order valence-electron chi connectivity index (χ4n) is 2.54. The van der Waals surface area contributed by atoms with E-state index in [1.165, 1.54) is 24.0 Å². The lowest BCUT2D eigenvalue weighted by Gasteiger charge is -2.22. The molecule has 0 bridgehead atoms. The molecule has 1 aromatic carbocycles. The van der Waals surface area contributed by atoms with Crippen molar-refractivity contribution in [2.24, 2.45) is 0 Å². The minimum absolute atomic E-state index is 0.384. The molecule has 1 aliphatic rings. The summed E-state index contributed by atoms with van der Waals surface area (Å²) < 4.78 is 0. The zero-order valence-corrected chi connectivity index (χ0v) is 9.40. The van der Waals surface area contributed by atoms with Crippen molar-refractivity contribution in [3.63, 3.8) is 0 Å². The van der Waals surface area contributed by atoms with Crippen LogP contribution in [0.15, 0.2) is 24.3 Å². The molecule has 1 aromatic heterocycles. The summed E-state index contributed by atoms with van der Waals surface area (Å²) in [6.45, 7) is 1.95. The summed E-state index contributed by atoms with van der Waals surface area (Å²) >= 11 is 0. The Hall–Kier alpha value is -1.64. The zero-order chi connectivity index (χ0) is 11.0. The van der Waals surface area contributed by atoms with E-state index < -0.39 is 0 Å². The van der Waals surface area contributed by atoms with Gasteiger partial charge in [0.05, 0.1) is 0 Å². The molecular weight excluding hydrogens is 198 g/mol. The molecule has 3 heteroatoms. The zero-order valence-electron chi connectivity index (χ0n) is 9.40. The molecule has 0 fully saturated rings. The SMILES string of the molecule is Cc1nc(C2CCCc3ccccc32)n[nH]1. The predicted octanol–water partition coefficient (Wildman–Crippen LogP) is 2.58. The standard InChI is InChI=1S/C13H15N3/c1-9-14-13(16-15-9)12-8-4-6-10-5-2-3-7-11(10)12/h2-3,5,7,12H,4,6,8H2,1H3,(H,14,15,16). The highest BCUT2D eigenvalue weighted by Gasteiger charge is 2.24. The molecule has 3 rings (SSSR count). The van der Waals surface area contributed by atoms with E-state index in [9.17, 15) is 0 Å². The third-order valence-corrected chi connectivity index (χ3v) is 3.30. The predicted molar refractivity (Wildman–Crippen MR) is 62.3 cm³/mol. The summed E-state index contributed by atoms with van der Waals surface area (Å²) in [5.41, 5.74) is 2.87. The van der Waals surface area contributed by atoms with E-state index in [-0.39, 0.29) is 0 Å². The van der Waals surface area contributed by atoms with Crippen molar-refractivity contribution in [1.82, 2.24) is 15.2 Å². The molecule has 16 heavy (non-hydrogen) atoms. The maximum atomic E-state index is 4.47. The molecule has 0 aliphatic heterocycles. The Labute approximate surface area is 94.9 Å². The van der Waals surface area contributed by atoms with Gasteiger partial charge in [-0.3, -0.25) is 5.10 Å². The van der Waals surface area contributed by atoms with Crippen molar-refractivity contribution in [1.29, 1.82) is 0 Å². The first kappa shape index (κ1) is 9.58. The van der Waals surface area contributed by atoms with E-state index in [1.807, 2.05) is 6.92 Å². The largest absolute Gasteiger partial charge is 0.263 e.